The van der Waals surface area contributed by atoms with Crippen molar-refractivity contribution < 1.29 is 13.3 Å². The Morgan fingerprint density at radius 3 is 2.17 bits per heavy atom. The zero-order chi connectivity index (χ0) is 13.6. The van der Waals surface area contributed by atoms with Gasteiger partial charge in [0.15, 0.2) is 0 Å². The Bertz CT molecular complexity index is 349. The third-order valence-corrected chi connectivity index (χ3v) is 3.57. The third kappa shape index (κ3) is 9.92. The lowest BCUT2D eigenvalue weighted by molar-refractivity contribution is 0.471. The number of H-pyrrole nitrogens is 1. The Balaban J connectivity index is 0.000000254. The average Bonchev–Trinajstić information content (AvgIpc) is 2.94. The lowest BCUT2D eigenvalue weighted by atomic mass is 10.2. The predicted molar refractivity (Wildman–Crippen MR) is 79.8 cm³/mol. The molecule has 0 spiro atoms. The molecule has 6 nitrogen and oxygen atoms in total. The molecular weight excluding hydrogens is 282 g/mol. The summed E-state index contributed by atoms with van der Waals surface area (Å²) in [5.41, 5.74) is 0.924. The van der Waals surface area contributed by atoms with Gasteiger partial charge in [0.1, 0.15) is 26.7 Å². The molecule has 2 rings (SSSR count). The van der Waals surface area contributed by atoms with Crippen LogP contribution in [0.3, 0.4) is 0 Å². The minimum atomic E-state index is -0.444. The normalized spacial score (nSPS) is 9.61. The third-order valence-electron chi connectivity index (χ3n) is 1.68. The largest absolute Gasteiger partial charge is 0.508 e. The van der Waals surface area contributed by atoms with Crippen molar-refractivity contribution in [3.63, 3.8) is 0 Å². The van der Waals surface area contributed by atoms with Crippen molar-refractivity contribution in [3.8, 4) is 5.75 Å². The number of nitrogens with zero attached hydrogens (tertiary/aromatic N) is 2. The van der Waals surface area contributed by atoms with Gasteiger partial charge < -0.3 is 13.3 Å². The Kier molecular flexibility index (Phi) is 11.3. The number of nitrogens with one attached hydrogen (secondary N) is 1. The number of benzene rings is 1. The van der Waals surface area contributed by atoms with Gasteiger partial charge in [-0.25, -0.2) is 0 Å². The van der Waals surface area contributed by atoms with E-state index in [0.717, 1.165) is 26.5 Å². The van der Waals surface area contributed by atoms with Gasteiger partial charge in [-0.05, 0) is 18.6 Å². The highest BCUT2D eigenvalue weighted by molar-refractivity contribution is 6.33. The molecule has 0 aliphatic heterocycles. The molecule has 0 unspecified atom stereocenters. The van der Waals surface area contributed by atoms with E-state index in [9.17, 15) is 0 Å². The molecule has 0 aliphatic rings. The van der Waals surface area contributed by atoms with Crippen molar-refractivity contribution in [2.24, 2.45) is 0 Å². The number of para-hydroxylation sites is 1. The molecule has 0 bridgehead atoms. The van der Waals surface area contributed by atoms with Crippen molar-refractivity contribution in [3.05, 3.63) is 42.2 Å². The first-order valence-corrected chi connectivity index (χ1v) is 8.04. The maximum absolute atomic E-state index is 8.92. The van der Waals surface area contributed by atoms with Crippen molar-refractivity contribution in [2.45, 2.75) is 6.92 Å². The topological polar surface area (TPSA) is 80.3 Å². The van der Waals surface area contributed by atoms with Crippen LogP contribution < -0.4 is 0 Å². The van der Waals surface area contributed by atoms with E-state index in [1.165, 1.54) is 0 Å². The molecule has 18 heavy (non-hydrogen) atoms. The molecule has 0 aliphatic carbocycles. The molecule has 1 aromatic carbocycles. The highest BCUT2D eigenvalue weighted by atomic mass is 28.3. The molecule has 0 atom stereocenters. The molecule has 0 saturated heterocycles. The van der Waals surface area contributed by atoms with E-state index < -0.39 is 10.0 Å². The number of aromatic nitrogens is 3. The molecule has 0 saturated carbocycles. The van der Waals surface area contributed by atoms with Crippen LogP contribution in [-0.4, -0.2) is 51.5 Å². The number of aryl methyl sites for hydroxylation is 1. The lowest BCUT2D eigenvalue weighted by Crippen LogP contribution is -1.96. The minimum Gasteiger partial charge on any atom is -0.508 e. The van der Waals surface area contributed by atoms with Gasteiger partial charge in [-0.3, -0.25) is 5.10 Å². The molecule has 2 N–H and O–H groups in total. The van der Waals surface area contributed by atoms with Crippen LogP contribution in [0.15, 0.2) is 36.7 Å². The number of phenolic OH excluding ortho intramolecular Hbond substituents is 1. The first-order valence-electron chi connectivity index (χ1n) is 5.25. The number of rotatable bonds is 2. The fourth-order valence-corrected chi connectivity index (χ4v) is 3.91. The molecule has 0 radical (unpaired) electrons. The van der Waals surface area contributed by atoms with Crippen LogP contribution in [0.2, 0.25) is 0 Å². The molecule has 0 amide bonds. The molecular formula is C9H19N3O3Si3. The first kappa shape index (κ1) is 16.7. The minimum absolute atomic E-state index is 0.368. The zero-order valence-corrected chi connectivity index (χ0v) is 16.2. The van der Waals surface area contributed by atoms with Gasteiger partial charge in [0.25, 0.3) is 10.0 Å². The second-order valence-corrected chi connectivity index (χ2v) is 8.00. The standard InChI is InChI=1S/C7H8O.C2H3N3.H8O2Si3/c1-6-4-2-3-5-7(6)8;1-2-4-5-3-1;3-1-5-2-4/h2-5,8H,1H3;1-2H,(H,3,4,5);5H2,3-4H3. The zero-order valence-electron chi connectivity index (χ0n) is 10.8. The van der Waals surface area contributed by atoms with Crippen LogP contribution in [0.5, 0.6) is 5.75 Å². The SMILES string of the molecule is Cc1ccccc1O.[SiH3]O[SiH2]O[SiH3].c1c[nH]nn1. The van der Waals surface area contributed by atoms with Crippen molar-refractivity contribution in [2.75, 3.05) is 0 Å². The number of phenols is 1. The number of hydrogen-bond donors (Lipinski definition) is 2. The van der Waals surface area contributed by atoms with Gasteiger partial charge in [-0.1, -0.05) is 23.4 Å². The molecule has 9 heteroatoms. The number of aromatic amines is 1. The molecule has 2 aromatic rings. The fourth-order valence-electron chi connectivity index (χ4n) is 0.848. The number of hydrogen-bond acceptors (Lipinski definition) is 5. The summed E-state index contributed by atoms with van der Waals surface area (Å²) >= 11 is 0. The van der Waals surface area contributed by atoms with E-state index >= 15 is 0 Å². The molecule has 0 fully saturated rings. The van der Waals surface area contributed by atoms with E-state index in [1.807, 2.05) is 25.1 Å². The van der Waals surface area contributed by atoms with Gasteiger partial charge in [-0.15, -0.1) is 5.10 Å². The van der Waals surface area contributed by atoms with E-state index in [1.54, 1.807) is 18.5 Å². The highest BCUT2D eigenvalue weighted by Crippen LogP contribution is 2.12. The summed E-state index contributed by atoms with van der Waals surface area (Å²) < 4.78 is 9.56. The monoisotopic (exact) mass is 301 g/mol. The van der Waals surface area contributed by atoms with Gasteiger partial charge in [0.05, 0.1) is 6.20 Å². The molecule has 1 heterocycles. The van der Waals surface area contributed by atoms with Gasteiger partial charge in [0.2, 0.25) is 0 Å². The summed E-state index contributed by atoms with van der Waals surface area (Å²) in [6.07, 6.45) is 3.24. The Labute approximate surface area is 115 Å². The summed E-state index contributed by atoms with van der Waals surface area (Å²) in [6, 6.07) is 7.25. The number of aromatic hydroxyl groups is 1. The highest BCUT2D eigenvalue weighted by Gasteiger charge is 1.86. The average molecular weight is 302 g/mol. The second-order valence-electron chi connectivity index (χ2n) is 3.14. The summed E-state index contributed by atoms with van der Waals surface area (Å²) in [4.78, 5) is 0. The smallest absolute Gasteiger partial charge is 0.282 e. The van der Waals surface area contributed by atoms with Gasteiger partial charge in [-0.2, -0.15) is 0 Å². The maximum atomic E-state index is 8.92. The van der Waals surface area contributed by atoms with E-state index in [0.29, 0.717) is 5.75 Å². The summed E-state index contributed by atoms with van der Waals surface area (Å²) in [5.74, 6) is 0.368. The predicted octanol–water partition coefficient (Wildman–Crippen LogP) is -1.92. The van der Waals surface area contributed by atoms with Crippen LogP contribution in [-0.2, 0) is 8.23 Å². The van der Waals surface area contributed by atoms with Gasteiger partial charge >= 0.3 is 0 Å². The van der Waals surface area contributed by atoms with Crippen LogP contribution >= 0.6 is 0 Å². The quantitative estimate of drug-likeness (QED) is 0.633. The van der Waals surface area contributed by atoms with Crippen LogP contribution in [0.4, 0.5) is 0 Å². The molecule has 100 valence electrons. The Morgan fingerprint density at radius 2 is 1.94 bits per heavy atom. The van der Waals surface area contributed by atoms with Crippen LogP contribution in [0, 0.1) is 6.92 Å². The molecule has 1 aromatic heterocycles. The van der Waals surface area contributed by atoms with E-state index in [4.69, 9.17) is 13.3 Å². The fraction of sp³-hybridized carbons (Fsp3) is 0.111. The Morgan fingerprint density at radius 1 is 1.28 bits per heavy atom. The second kappa shape index (κ2) is 12.2. The van der Waals surface area contributed by atoms with Gasteiger partial charge in [0, 0.05) is 6.20 Å². The summed E-state index contributed by atoms with van der Waals surface area (Å²) in [6.45, 7) is 1.87. The van der Waals surface area contributed by atoms with Crippen LogP contribution in [0.1, 0.15) is 5.56 Å². The van der Waals surface area contributed by atoms with Crippen molar-refractivity contribution >= 4 is 31.0 Å². The summed E-state index contributed by atoms with van der Waals surface area (Å²) in [7, 11) is 1.27. The Hall–Kier alpha value is -1.27. The van der Waals surface area contributed by atoms with Crippen molar-refractivity contribution in [1.82, 2.24) is 15.4 Å². The maximum Gasteiger partial charge on any atom is 0.282 e. The lowest BCUT2D eigenvalue weighted by Gasteiger charge is -1.92. The van der Waals surface area contributed by atoms with Crippen molar-refractivity contribution in [1.29, 1.82) is 0 Å². The van der Waals surface area contributed by atoms with E-state index in [-0.39, 0.29) is 0 Å². The first-order chi connectivity index (χ1) is 8.72. The van der Waals surface area contributed by atoms with E-state index in [2.05, 4.69) is 15.4 Å². The summed E-state index contributed by atoms with van der Waals surface area (Å²) in [5, 5.41) is 18.2. The van der Waals surface area contributed by atoms with Crippen LogP contribution in [0.25, 0.3) is 0 Å².